The minimum absolute atomic E-state index is 0.119. The van der Waals surface area contributed by atoms with E-state index in [9.17, 15) is 9.59 Å². The maximum atomic E-state index is 12.9. The summed E-state index contributed by atoms with van der Waals surface area (Å²) in [5.74, 6) is 0.608. The van der Waals surface area contributed by atoms with E-state index in [-0.39, 0.29) is 22.9 Å². The third kappa shape index (κ3) is 4.08. The molecule has 0 saturated heterocycles. The summed E-state index contributed by atoms with van der Waals surface area (Å²) in [6.45, 7) is 3.85. The van der Waals surface area contributed by atoms with Crippen LogP contribution in [0.25, 0.3) is 17.1 Å². The third-order valence-corrected chi connectivity index (χ3v) is 6.86. The number of para-hydroxylation sites is 1. The van der Waals surface area contributed by atoms with Gasteiger partial charge in [0.15, 0.2) is 11.0 Å². The first-order valence-corrected chi connectivity index (χ1v) is 11.4. The van der Waals surface area contributed by atoms with Gasteiger partial charge < -0.3 is 9.88 Å². The van der Waals surface area contributed by atoms with Crippen LogP contribution in [0.15, 0.2) is 51.7 Å². The van der Waals surface area contributed by atoms with E-state index in [0.717, 1.165) is 17.1 Å². The number of nitrogens with zero attached hydrogens (tertiary/aromatic N) is 5. The summed E-state index contributed by atoms with van der Waals surface area (Å²) in [6.07, 6.45) is 0. The van der Waals surface area contributed by atoms with Crippen molar-refractivity contribution in [3.8, 4) is 17.1 Å². The Hall–Kier alpha value is -3.11. The van der Waals surface area contributed by atoms with Crippen LogP contribution in [0.3, 0.4) is 0 Å². The van der Waals surface area contributed by atoms with Crippen LogP contribution in [-0.2, 0) is 18.9 Å². The number of nitrogens with one attached hydrogen (secondary N) is 1. The van der Waals surface area contributed by atoms with Crippen molar-refractivity contribution in [2.45, 2.75) is 19.0 Å². The second kappa shape index (κ2) is 8.56. The number of aromatic nitrogens is 5. The predicted molar refractivity (Wildman–Crippen MR) is 124 cm³/mol. The Morgan fingerprint density at radius 3 is 2.58 bits per heavy atom. The number of carbonyl (C=O) groups excluding carboxylic acids is 1. The van der Waals surface area contributed by atoms with Crippen molar-refractivity contribution < 1.29 is 4.79 Å². The lowest BCUT2D eigenvalue weighted by Gasteiger charge is -2.07. The second-order valence-electron chi connectivity index (χ2n) is 7.08. The first kappa shape index (κ1) is 21.1. The Kier molecular flexibility index (Phi) is 5.84. The molecule has 4 rings (SSSR count). The second-order valence-corrected chi connectivity index (χ2v) is 9.14. The summed E-state index contributed by atoms with van der Waals surface area (Å²) >= 11 is 2.94. The van der Waals surface area contributed by atoms with Gasteiger partial charge in [-0.1, -0.05) is 30.0 Å². The van der Waals surface area contributed by atoms with E-state index in [1.54, 1.807) is 30.0 Å². The van der Waals surface area contributed by atoms with Crippen LogP contribution in [-0.4, -0.2) is 35.8 Å². The largest absolute Gasteiger partial charge is 0.319 e. The number of thioether (sulfide) groups is 1. The fourth-order valence-electron chi connectivity index (χ4n) is 3.27. The maximum absolute atomic E-state index is 12.9. The van der Waals surface area contributed by atoms with Crippen LogP contribution in [0, 0.1) is 13.8 Å². The highest BCUT2D eigenvalue weighted by Crippen LogP contribution is 2.26. The SMILES string of the molecule is Cc1cc(-c2nnc(SCC(=O)Nc3c(C)n(C)n(-c4ccccc4)c3=O)n2C)cs1. The molecule has 0 fully saturated rings. The van der Waals surface area contributed by atoms with Gasteiger partial charge in [0.25, 0.3) is 5.56 Å². The molecule has 0 atom stereocenters. The Bertz CT molecular complexity index is 1300. The van der Waals surface area contributed by atoms with Gasteiger partial charge in [-0.3, -0.25) is 14.3 Å². The Morgan fingerprint density at radius 2 is 1.90 bits per heavy atom. The fourth-order valence-corrected chi connectivity index (χ4v) is 4.66. The van der Waals surface area contributed by atoms with Crippen LogP contribution in [0.2, 0.25) is 0 Å². The Labute approximate surface area is 187 Å². The summed E-state index contributed by atoms with van der Waals surface area (Å²) in [6, 6.07) is 11.4. The molecule has 3 heterocycles. The number of aryl methyl sites for hydroxylation is 1. The summed E-state index contributed by atoms with van der Waals surface area (Å²) in [7, 11) is 3.67. The molecule has 31 heavy (non-hydrogen) atoms. The Balaban J connectivity index is 1.48. The molecule has 8 nitrogen and oxygen atoms in total. The van der Waals surface area contributed by atoms with Crippen molar-refractivity contribution in [2.24, 2.45) is 14.1 Å². The number of benzene rings is 1. The molecule has 0 saturated carbocycles. The minimum Gasteiger partial charge on any atom is -0.319 e. The molecule has 0 bridgehead atoms. The lowest BCUT2D eigenvalue weighted by Crippen LogP contribution is -2.23. The topological polar surface area (TPSA) is 86.7 Å². The zero-order valence-electron chi connectivity index (χ0n) is 17.6. The number of hydrogen-bond donors (Lipinski definition) is 1. The van der Waals surface area contributed by atoms with E-state index in [1.807, 2.05) is 54.3 Å². The van der Waals surface area contributed by atoms with Gasteiger partial charge in [0.1, 0.15) is 5.69 Å². The lowest BCUT2D eigenvalue weighted by atomic mass is 10.3. The molecule has 1 amide bonds. The molecule has 1 aromatic carbocycles. The molecule has 0 aliphatic rings. The van der Waals surface area contributed by atoms with E-state index >= 15 is 0 Å². The molecular formula is C21H22N6O2S2. The summed E-state index contributed by atoms with van der Waals surface area (Å²) in [5.41, 5.74) is 2.45. The number of hydrogen-bond acceptors (Lipinski definition) is 6. The molecule has 0 aliphatic heterocycles. The third-order valence-electron chi connectivity index (χ3n) is 4.97. The molecule has 10 heteroatoms. The van der Waals surface area contributed by atoms with Gasteiger partial charge in [-0.15, -0.1) is 21.5 Å². The number of amides is 1. The van der Waals surface area contributed by atoms with E-state index in [2.05, 4.69) is 21.6 Å². The standard InChI is InChI=1S/C21H22N6O2S2/c1-13-10-15(11-30-13)19-23-24-21(25(19)3)31-12-17(28)22-18-14(2)26(4)27(20(18)29)16-8-6-5-7-9-16/h5-11H,12H2,1-4H3,(H,22,28). The normalized spacial score (nSPS) is 11.1. The maximum Gasteiger partial charge on any atom is 0.295 e. The van der Waals surface area contributed by atoms with Crippen molar-refractivity contribution >= 4 is 34.7 Å². The number of carbonyl (C=O) groups is 1. The molecule has 0 spiro atoms. The first-order chi connectivity index (χ1) is 14.9. The number of thiophene rings is 1. The molecule has 0 aliphatic carbocycles. The van der Waals surface area contributed by atoms with Crippen molar-refractivity contribution in [3.05, 3.63) is 62.7 Å². The highest BCUT2D eigenvalue weighted by molar-refractivity contribution is 7.99. The van der Waals surface area contributed by atoms with Gasteiger partial charge in [-0.05, 0) is 32.0 Å². The van der Waals surface area contributed by atoms with Gasteiger partial charge in [0.05, 0.1) is 17.1 Å². The van der Waals surface area contributed by atoms with Crippen LogP contribution < -0.4 is 10.9 Å². The zero-order chi connectivity index (χ0) is 22.1. The van der Waals surface area contributed by atoms with E-state index in [0.29, 0.717) is 10.9 Å². The zero-order valence-corrected chi connectivity index (χ0v) is 19.3. The van der Waals surface area contributed by atoms with Gasteiger partial charge in [-0.2, -0.15) is 0 Å². The average molecular weight is 455 g/mol. The van der Waals surface area contributed by atoms with Crippen LogP contribution in [0.1, 0.15) is 10.6 Å². The van der Waals surface area contributed by atoms with Crippen LogP contribution in [0.5, 0.6) is 0 Å². The van der Waals surface area contributed by atoms with E-state index < -0.39 is 0 Å². The quantitative estimate of drug-likeness (QED) is 0.452. The molecule has 4 aromatic rings. The molecule has 160 valence electrons. The molecule has 1 N–H and O–H groups in total. The first-order valence-electron chi connectivity index (χ1n) is 9.58. The highest BCUT2D eigenvalue weighted by Gasteiger charge is 2.19. The van der Waals surface area contributed by atoms with E-state index in [1.165, 1.54) is 21.3 Å². The summed E-state index contributed by atoms with van der Waals surface area (Å²) < 4.78 is 5.14. The molecular weight excluding hydrogens is 432 g/mol. The lowest BCUT2D eigenvalue weighted by molar-refractivity contribution is -0.113. The van der Waals surface area contributed by atoms with Gasteiger partial charge in [0, 0.05) is 29.9 Å². The van der Waals surface area contributed by atoms with Gasteiger partial charge >= 0.3 is 0 Å². The molecule has 0 unspecified atom stereocenters. The molecule has 0 radical (unpaired) electrons. The van der Waals surface area contributed by atoms with Gasteiger partial charge in [-0.25, -0.2) is 4.68 Å². The molecule has 3 aromatic heterocycles. The average Bonchev–Trinajstić information content (AvgIpc) is 3.40. The van der Waals surface area contributed by atoms with E-state index in [4.69, 9.17) is 0 Å². The highest BCUT2D eigenvalue weighted by atomic mass is 32.2. The minimum atomic E-state index is -0.271. The van der Waals surface area contributed by atoms with Crippen molar-refractivity contribution in [2.75, 3.05) is 11.1 Å². The fraction of sp³-hybridized carbons (Fsp3) is 0.238. The monoisotopic (exact) mass is 454 g/mol. The van der Waals surface area contributed by atoms with Crippen molar-refractivity contribution in [3.63, 3.8) is 0 Å². The number of anilines is 1. The van der Waals surface area contributed by atoms with Crippen LogP contribution in [0.4, 0.5) is 5.69 Å². The predicted octanol–water partition coefficient (Wildman–Crippen LogP) is 3.38. The van der Waals surface area contributed by atoms with Crippen molar-refractivity contribution in [1.29, 1.82) is 0 Å². The Morgan fingerprint density at radius 1 is 1.16 bits per heavy atom. The van der Waals surface area contributed by atoms with Crippen LogP contribution >= 0.6 is 23.1 Å². The van der Waals surface area contributed by atoms with Gasteiger partial charge in [0.2, 0.25) is 5.91 Å². The smallest absolute Gasteiger partial charge is 0.295 e. The summed E-state index contributed by atoms with van der Waals surface area (Å²) in [4.78, 5) is 26.7. The summed E-state index contributed by atoms with van der Waals surface area (Å²) in [5, 5.41) is 13.9. The number of rotatable bonds is 6. The van der Waals surface area contributed by atoms with Crippen molar-refractivity contribution in [1.82, 2.24) is 24.1 Å².